The molecule has 0 aliphatic heterocycles. The summed E-state index contributed by atoms with van der Waals surface area (Å²) in [6, 6.07) is 8.71. The van der Waals surface area contributed by atoms with Crippen LogP contribution in [0.2, 0.25) is 0 Å². The SMILES string of the molecule is CCCc1c[nH]nn1.Oc1ccccc1. The van der Waals surface area contributed by atoms with Crippen LogP contribution < -0.4 is 0 Å². The summed E-state index contributed by atoms with van der Waals surface area (Å²) >= 11 is 0. The first-order valence-electron chi connectivity index (χ1n) is 4.92. The second kappa shape index (κ2) is 6.59. The first-order valence-corrected chi connectivity index (χ1v) is 4.92. The Hall–Kier alpha value is -1.84. The fourth-order valence-electron chi connectivity index (χ4n) is 1.03. The number of aryl methyl sites for hydroxylation is 1. The van der Waals surface area contributed by atoms with Gasteiger partial charge in [-0.3, -0.25) is 5.10 Å². The van der Waals surface area contributed by atoms with Crippen molar-refractivity contribution < 1.29 is 5.11 Å². The number of hydrogen-bond donors (Lipinski definition) is 2. The molecule has 0 saturated heterocycles. The van der Waals surface area contributed by atoms with Crippen LogP contribution >= 0.6 is 0 Å². The molecule has 0 aliphatic carbocycles. The van der Waals surface area contributed by atoms with Gasteiger partial charge in [-0.2, -0.15) is 0 Å². The maximum absolute atomic E-state index is 8.63. The van der Waals surface area contributed by atoms with Crippen molar-refractivity contribution in [2.45, 2.75) is 19.8 Å². The van der Waals surface area contributed by atoms with E-state index in [4.69, 9.17) is 5.11 Å². The summed E-state index contributed by atoms with van der Waals surface area (Å²) in [4.78, 5) is 0. The number of hydrogen-bond acceptors (Lipinski definition) is 3. The molecule has 0 aliphatic rings. The fraction of sp³-hybridized carbons (Fsp3) is 0.273. The van der Waals surface area contributed by atoms with Crippen LogP contribution in [0.4, 0.5) is 0 Å². The van der Waals surface area contributed by atoms with Gasteiger partial charge in [0, 0.05) is 6.20 Å². The molecule has 80 valence electrons. The number of phenols is 1. The van der Waals surface area contributed by atoms with Crippen molar-refractivity contribution in [2.75, 3.05) is 0 Å². The van der Waals surface area contributed by atoms with Gasteiger partial charge in [-0.05, 0) is 18.6 Å². The summed E-state index contributed by atoms with van der Waals surface area (Å²) in [5.41, 5.74) is 1.05. The van der Waals surface area contributed by atoms with Crippen molar-refractivity contribution in [3.05, 3.63) is 42.2 Å². The lowest BCUT2D eigenvalue weighted by atomic mass is 10.3. The Morgan fingerprint density at radius 2 is 2.00 bits per heavy atom. The highest BCUT2D eigenvalue weighted by Crippen LogP contribution is 2.02. The number of aromatic nitrogens is 3. The van der Waals surface area contributed by atoms with E-state index in [1.54, 1.807) is 24.3 Å². The maximum atomic E-state index is 8.63. The van der Waals surface area contributed by atoms with Crippen LogP contribution in [0.15, 0.2) is 36.5 Å². The first kappa shape index (κ1) is 11.2. The number of aromatic amines is 1. The molecule has 1 heterocycles. The van der Waals surface area contributed by atoms with E-state index in [9.17, 15) is 0 Å². The van der Waals surface area contributed by atoms with E-state index < -0.39 is 0 Å². The highest BCUT2D eigenvalue weighted by molar-refractivity contribution is 5.18. The van der Waals surface area contributed by atoms with Crippen molar-refractivity contribution in [1.29, 1.82) is 0 Å². The Bertz CT molecular complexity index is 345. The van der Waals surface area contributed by atoms with Gasteiger partial charge in [0.05, 0.1) is 5.69 Å². The monoisotopic (exact) mass is 205 g/mol. The molecule has 0 saturated carbocycles. The Labute approximate surface area is 89.0 Å². The molecule has 2 rings (SSSR count). The van der Waals surface area contributed by atoms with Crippen LogP contribution in [-0.4, -0.2) is 20.5 Å². The number of H-pyrrole nitrogens is 1. The number of phenolic OH excluding ortho intramolecular Hbond substituents is 1. The average molecular weight is 205 g/mol. The van der Waals surface area contributed by atoms with Gasteiger partial charge in [0.1, 0.15) is 5.75 Å². The molecule has 1 aromatic heterocycles. The summed E-state index contributed by atoms with van der Waals surface area (Å²) in [5, 5.41) is 18.7. The third-order valence-corrected chi connectivity index (χ3v) is 1.73. The van der Waals surface area contributed by atoms with Crippen molar-refractivity contribution in [2.24, 2.45) is 0 Å². The number of benzene rings is 1. The van der Waals surface area contributed by atoms with Crippen molar-refractivity contribution in [3.63, 3.8) is 0 Å². The maximum Gasteiger partial charge on any atom is 0.115 e. The molecular weight excluding hydrogens is 190 g/mol. The molecule has 0 bridgehead atoms. The number of rotatable bonds is 2. The number of nitrogens with one attached hydrogen (secondary N) is 1. The van der Waals surface area contributed by atoms with Gasteiger partial charge in [0.25, 0.3) is 0 Å². The summed E-state index contributed by atoms with van der Waals surface area (Å²) in [6.45, 7) is 2.12. The second-order valence-electron chi connectivity index (χ2n) is 3.05. The fourth-order valence-corrected chi connectivity index (χ4v) is 1.03. The zero-order chi connectivity index (χ0) is 10.9. The van der Waals surface area contributed by atoms with Gasteiger partial charge in [-0.1, -0.05) is 36.8 Å². The van der Waals surface area contributed by atoms with Gasteiger partial charge in [-0.15, -0.1) is 5.10 Å². The third-order valence-electron chi connectivity index (χ3n) is 1.73. The minimum absolute atomic E-state index is 0.322. The molecule has 0 spiro atoms. The first-order chi connectivity index (χ1) is 7.33. The largest absolute Gasteiger partial charge is 0.508 e. The quantitative estimate of drug-likeness (QED) is 0.789. The molecule has 0 radical (unpaired) electrons. The van der Waals surface area contributed by atoms with E-state index >= 15 is 0 Å². The molecule has 1 aromatic carbocycles. The predicted molar refractivity (Wildman–Crippen MR) is 58.5 cm³/mol. The number of aromatic hydroxyl groups is 1. The molecule has 15 heavy (non-hydrogen) atoms. The van der Waals surface area contributed by atoms with Gasteiger partial charge in [0.2, 0.25) is 0 Å². The summed E-state index contributed by atoms with van der Waals surface area (Å²) in [7, 11) is 0. The van der Waals surface area contributed by atoms with E-state index in [-0.39, 0.29) is 0 Å². The minimum Gasteiger partial charge on any atom is -0.508 e. The predicted octanol–water partition coefficient (Wildman–Crippen LogP) is 2.15. The second-order valence-corrected chi connectivity index (χ2v) is 3.05. The molecule has 0 atom stereocenters. The van der Waals surface area contributed by atoms with Gasteiger partial charge in [-0.25, -0.2) is 0 Å². The van der Waals surface area contributed by atoms with E-state index in [2.05, 4.69) is 22.3 Å². The van der Waals surface area contributed by atoms with Gasteiger partial charge in [0.15, 0.2) is 0 Å². The topological polar surface area (TPSA) is 61.8 Å². The Morgan fingerprint density at radius 1 is 1.27 bits per heavy atom. The molecule has 2 N–H and O–H groups in total. The molecule has 0 fully saturated rings. The highest BCUT2D eigenvalue weighted by atomic mass is 16.3. The number of para-hydroxylation sites is 1. The van der Waals surface area contributed by atoms with Crippen LogP contribution in [0, 0.1) is 0 Å². The smallest absolute Gasteiger partial charge is 0.115 e. The zero-order valence-electron chi connectivity index (χ0n) is 8.72. The summed E-state index contributed by atoms with van der Waals surface area (Å²) < 4.78 is 0. The van der Waals surface area contributed by atoms with Crippen LogP contribution in [0.25, 0.3) is 0 Å². The molecule has 0 unspecified atom stereocenters. The zero-order valence-corrected chi connectivity index (χ0v) is 8.72. The molecular formula is C11H15N3O. The average Bonchev–Trinajstić information content (AvgIpc) is 2.73. The lowest BCUT2D eigenvalue weighted by Crippen LogP contribution is -1.80. The third kappa shape index (κ3) is 4.81. The van der Waals surface area contributed by atoms with Crippen LogP contribution in [0.3, 0.4) is 0 Å². The van der Waals surface area contributed by atoms with Crippen molar-refractivity contribution in [3.8, 4) is 5.75 Å². The van der Waals surface area contributed by atoms with Crippen LogP contribution in [0.5, 0.6) is 5.75 Å². The normalized spacial score (nSPS) is 9.13. The minimum atomic E-state index is 0.322. The molecule has 0 amide bonds. The Kier molecular flexibility index (Phi) is 4.94. The lowest BCUT2D eigenvalue weighted by molar-refractivity contribution is 0.475. The number of nitrogens with zero attached hydrogens (tertiary/aromatic N) is 2. The van der Waals surface area contributed by atoms with Crippen molar-refractivity contribution >= 4 is 0 Å². The van der Waals surface area contributed by atoms with E-state index in [0.29, 0.717) is 5.75 Å². The van der Waals surface area contributed by atoms with Crippen LogP contribution in [-0.2, 0) is 6.42 Å². The van der Waals surface area contributed by atoms with Gasteiger partial charge < -0.3 is 5.11 Å². The van der Waals surface area contributed by atoms with Gasteiger partial charge >= 0.3 is 0 Å². The van der Waals surface area contributed by atoms with Crippen LogP contribution in [0.1, 0.15) is 19.0 Å². The summed E-state index contributed by atoms with van der Waals surface area (Å²) in [6.07, 6.45) is 3.98. The molecule has 4 heteroatoms. The highest BCUT2D eigenvalue weighted by Gasteiger charge is 1.89. The Morgan fingerprint density at radius 3 is 2.40 bits per heavy atom. The Balaban J connectivity index is 0.000000151. The van der Waals surface area contributed by atoms with Crippen molar-refractivity contribution in [1.82, 2.24) is 15.4 Å². The lowest BCUT2D eigenvalue weighted by Gasteiger charge is -1.82. The van der Waals surface area contributed by atoms with E-state index in [0.717, 1.165) is 18.5 Å². The standard InChI is InChI=1S/C6H6O.C5H9N3/c7-6-4-2-1-3-5-6;1-2-3-5-4-6-8-7-5/h1-5,7H;4H,2-3H2,1H3,(H,6,7,8). The summed E-state index contributed by atoms with van der Waals surface area (Å²) in [5.74, 6) is 0.322. The molecule has 4 nitrogen and oxygen atoms in total. The molecule has 2 aromatic rings. The van der Waals surface area contributed by atoms with E-state index in [1.807, 2.05) is 12.3 Å². The van der Waals surface area contributed by atoms with E-state index in [1.165, 1.54) is 0 Å².